The van der Waals surface area contributed by atoms with Crippen molar-refractivity contribution < 1.29 is 19.5 Å². The van der Waals surface area contributed by atoms with E-state index >= 15 is 0 Å². The SMILES string of the molecule is O=C(O)CCNC(=O)C1CCCN1C(=O)c1cccs1. The predicted octanol–water partition coefficient (Wildman–Crippen LogP) is 0.944. The molecule has 2 amide bonds. The fraction of sp³-hybridized carbons (Fsp3) is 0.462. The molecule has 2 heterocycles. The molecule has 6 nitrogen and oxygen atoms in total. The minimum Gasteiger partial charge on any atom is -0.481 e. The molecule has 0 aliphatic carbocycles. The van der Waals surface area contributed by atoms with E-state index in [2.05, 4.69) is 5.32 Å². The Kier molecular flexibility index (Phi) is 4.73. The number of amides is 2. The summed E-state index contributed by atoms with van der Waals surface area (Å²) in [6.45, 7) is 0.652. The number of aliphatic carboxylic acids is 1. The Labute approximate surface area is 120 Å². The number of carbonyl (C=O) groups excluding carboxylic acids is 2. The van der Waals surface area contributed by atoms with Crippen LogP contribution in [0, 0.1) is 0 Å². The second-order valence-electron chi connectivity index (χ2n) is 4.57. The number of carboxylic acids is 1. The van der Waals surface area contributed by atoms with E-state index < -0.39 is 12.0 Å². The van der Waals surface area contributed by atoms with Gasteiger partial charge in [0.15, 0.2) is 0 Å². The number of rotatable bonds is 5. The average molecular weight is 296 g/mol. The summed E-state index contributed by atoms with van der Waals surface area (Å²) in [5.41, 5.74) is 0. The first-order valence-corrected chi connectivity index (χ1v) is 7.31. The lowest BCUT2D eigenvalue weighted by Crippen LogP contribution is -2.46. The summed E-state index contributed by atoms with van der Waals surface area (Å²) in [5.74, 6) is -1.35. The number of nitrogens with zero attached hydrogens (tertiary/aromatic N) is 1. The van der Waals surface area contributed by atoms with Crippen LogP contribution in [0.25, 0.3) is 0 Å². The van der Waals surface area contributed by atoms with Crippen LogP contribution in [0.3, 0.4) is 0 Å². The highest BCUT2D eigenvalue weighted by Crippen LogP contribution is 2.22. The van der Waals surface area contributed by atoms with Gasteiger partial charge in [0.25, 0.3) is 5.91 Å². The van der Waals surface area contributed by atoms with E-state index in [0.29, 0.717) is 17.8 Å². The molecule has 0 radical (unpaired) electrons. The largest absolute Gasteiger partial charge is 0.481 e. The van der Waals surface area contributed by atoms with E-state index in [9.17, 15) is 14.4 Å². The molecule has 0 aromatic carbocycles. The van der Waals surface area contributed by atoms with Crippen molar-refractivity contribution in [1.82, 2.24) is 10.2 Å². The number of thiophene rings is 1. The van der Waals surface area contributed by atoms with Crippen LogP contribution in [0.5, 0.6) is 0 Å². The molecule has 1 unspecified atom stereocenters. The lowest BCUT2D eigenvalue weighted by molar-refractivity contribution is -0.137. The zero-order valence-corrected chi connectivity index (χ0v) is 11.7. The second-order valence-corrected chi connectivity index (χ2v) is 5.52. The molecule has 2 N–H and O–H groups in total. The third-order valence-electron chi connectivity index (χ3n) is 3.19. The van der Waals surface area contributed by atoms with Crippen molar-refractivity contribution in [3.8, 4) is 0 Å². The second kappa shape index (κ2) is 6.51. The maximum Gasteiger partial charge on any atom is 0.305 e. The van der Waals surface area contributed by atoms with Crippen LogP contribution in [0.15, 0.2) is 17.5 Å². The van der Waals surface area contributed by atoms with Crippen molar-refractivity contribution >= 4 is 29.1 Å². The van der Waals surface area contributed by atoms with Gasteiger partial charge in [-0.3, -0.25) is 14.4 Å². The van der Waals surface area contributed by atoms with Crippen LogP contribution in [0.1, 0.15) is 28.9 Å². The van der Waals surface area contributed by atoms with Crippen LogP contribution in [0.2, 0.25) is 0 Å². The first-order chi connectivity index (χ1) is 9.59. The van der Waals surface area contributed by atoms with Gasteiger partial charge < -0.3 is 15.3 Å². The molecule has 1 atom stereocenters. The molecule has 0 saturated carbocycles. The van der Waals surface area contributed by atoms with Gasteiger partial charge in [-0.2, -0.15) is 0 Å². The molecule has 1 aliphatic heterocycles. The van der Waals surface area contributed by atoms with Gasteiger partial charge >= 0.3 is 5.97 Å². The molecule has 1 saturated heterocycles. The lowest BCUT2D eigenvalue weighted by atomic mass is 10.2. The van der Waals surface area contributed by atoms with Crippen LogP contribution >= 0.6 is 11.3 Å². The summed E-state index contributed by atoms with van der Waals surface area (Å²) in [7, 11) is 0. The molecule has 1 aliphatic rings. The molecule has 7 heteroatoms. The quantitative estimate of drug-likeness (QED) is 0.846. The van der Waals surface area contributed by atoms with Crippen molar-refractivity contribution in [2.24, 2.45) is 0 Å². The summed E-state index contributed by atoms with van der Waals surface area (Å²) in [4.78, 5) is 36.9. The van der Waals surface area contributed by atoms with Crippen LogP contribution in [-0.4, -0.2) is 46.9 Å². The summed E-state index contributed by atoms with van der Waals surface area (Å²) in [6, 6.07) is 3.05. The highest BCUT2D eigenvalue weighted by molar-refractivity contribution is 7.12. The Hall–Kier alpha value is -1.89. The minimum absolute atomic E-state index is 0.0890. The average Bonchev–Trinajstić information content (AvgIpc) is 3.08. The third-order valence-corrected chi connectivity index (χ3v) is 4.04. The lowest BCUT2D eigenvalue weighted by Gasteiger charge is -2.23. The maximum absolute atomic E-state index is 12.3. The highest BCUT2D eigenvalue weighted by atomic mass is 32.1. The minimum atomic E-state index is -0.955. The zero-order valence-electron chi connectivity index (χ0n) is 10.9. The normalized spacial score (nSPS) is 18.0. The zero-order chi connectivity index (χ0) is 14.5. The van der Waals surface area contributed by atoms with Crippen molar-refractivity contribution in [1.29, 1.82) is 0 Å². The monoisotopic (exact) mass is 296 g/mol. The van der Waals surface area contributed by atoms with Crippen molar-refractivity contribution in [2.45, 2.75) is 25.3 Å². The number of likely N-dealkylation sites (tertiary alicyclic amines) is 1. The van der Waals surface area contributed by atoms with E-state index in [1.54, 1.807) is 17.0 Å². The Bertz CT molecular complexity index is 500. The van der Waals surface area contributed by atoms with Gasteiger partial charge in [0, 0.05) is 13.1 Å². The summed E-state index contributed by atoms with van der Waals surface area (Å²) in [5, 5.41) is 12.9. The molecule has 0 spiro atoms. The van der Waals surface area contributed by atoms with E-state index in [0.717, 1.165) is 6.42 Å². The number of hydrogen-bond acceptors (Lipinski definition) is 4. The van der Waals surface area contributed by atoms with Crippen LogP contribution < -0.4 is 5.32 Å². The Balaban J connectivity index is 1.95. The van der Waals surface area contributed by atoms with Gasteiger partial charge in [0.05, 0.1) is 11.3 Å². The van der Waals surface area contributed by atoms with Crippen molar-refractivity contribution in [3.63, 3.8) is 0 Å². The molecule has 1 aromatic rings. The van der Waals surface area contributed by atoms with Crippen molar-refractivity contribution in [3.05, 3.63) is 22.4 Å². The van der Waals surface area contributed by atoms with E-state index in [4.69, 9.17) is 5.11 Å². The molecule has 1 fully saturated rings. The molecule has 1 aromatic heterocycles. The Morgan fingerprint density at radius 3 is 2.90 bits per heavy atom. The first-order valence-electron chi connectivity index (χ1n) is 6.43. The molecule has 108 valence electrons. The molecular formula is C13H16N2O4S. The fourth-order valence-corrected chi connectivity index (χ4v) is 2.91. The third kappa shape index (κ3) is 3.36. The Morgan fingerprint density at radius 2 is 2.25 bits per heavy atom. The van der Waals surface area contributed by atoms with E-state index in [1.165, 1.54) is 11.3 Å². The maximum atomic E-state index is 12.3. The number of nitrogens with one attached hydrogen (secondary N) is 1. The fourth-order valence-electron chi connectivity index (χ4n) is 2.23. The van der Waals surface area contributed by atoms with Crippen LogP contribution in [0.4, 0.5) is 0 Å². The molecule has 20 heavy (non-hydrogen) atoms. The van der Waals surface area contributed by atoms with Gasteiger partial charge in [-0.25, -0.2) is 0 Å². The van der Waals surface area contributed by atoms with Crippen LogP contribution in [-0.2, 0) is 9.59 Å². The van der Waals surface area contributed by atoms with Gasteiger partial charge in [-0.15, -0.1) is 11.3 Å². The number of carbonyl (C=O) groups is 3. The predicted molar refractivity (Wildman–Crippen MR) is 73.6 cm³/mol. The van der Waals surface area contributed by atoms with E-state index in [-0.39, 0.29) is 24.8 Å². The van der Waals surface area contributed by atoms with Gasteiger partial charge in [0.2, 0.25) is 5.91 Å². The topological polar surface area (TPSA) is 86.7 Å². The highest BCUT2D eigenvalue weighted by Gasteiger charge is 2.34. The summed E-state index contributed by atoms with van der Waals surface area (Å²) in [6.07, 6.45) is 1.29. The van der Waals surface area contributed by atoms with Gasteiger partial charge in [-0.1, -0.05) is 6.07 Å². The van der Waals surface area contributed by atoms with E-state index in [1.807, 2.05) is 5.38 Å². The molecule has 2 rings (SSSR count). The summed E-state index contributed by atoms with van der Waals surface area (Å²) < 4.78 is 0. The molecular weight excluding hydrogens is 280 g/mol. The van der Waals surface area contributed by atoms with Crippen molar-refractivity contribution in [2.75, 3.05) is 13.1 Å². The first kappa shape index (κ1) is 14.5. The van der Waals surface area contributed by atoms with Gasteiger partial charge in [0.1, 0.15) is 6.04 Å². The number of hydrogen-bond donors (Lipinski definition) is 2. The smallest absolute Gasteiger partial charge is 0.305 e. The summed E-state index contributed by atoms with van der Waals surface area (Å²) >= 11 is 1.35. The van der Waals surface area contributed by atoms with Gasteiger partial charge in [-0.05, 0) is 24.3 Å². The Morgan fingerprint density at radius 1 is 1.45 bits per heavy atom. The standard InChI is InChI=1S/C13H16N2O4S/c16-11(17)5-6-14-12(18)9-3-1-7-15(9)13(19)10-4-2-8-20-10/h2,4,8-9H,1,3,5-7H2,(H,14,18)(H,16,17). The molecule has 0 bridgehead atoms. The number of carboxylic acid groups (broad SMARTS) is 1.